The topological polar surface area (TPSA) is 29.4 Å². The number of rotatable bonds is 2. The number of aryl methyl sites for hydroxylation is 1. The molecule has 1 aromatic carbocycles. The van der Waals surface area contributed by atoms with Crippen LogP contribution in [0.25, 0.3) is 0 Å². The van der Waals surface area contributed by atoms with Crippen molar-refractivity contribution >= 4 is 12.5 Å². The molecule has 0 atom stereocenters. The van der Waals surface area contributed by atoms with E-state index in [9.17, 15) is 9.18 Å². The standard InChI is InChI=1S/C9H10FN.C3H6O/c1-7-4-3-5-9(10)8(7)6-11-2;1-2-3-4/h3-6H,1-2H3;3H,2H2,1H3. The first-order valence-corrected chi connectivity index (χ1v) is 4.78. The Morgan fingerprint density at radius 2 is 2.07 bits per heavy atom. The Hall–Kier alpha value is -1.51. The molecule has 0 N–H and O–H groups in total. The van der Waals surface area contributed by atoms with Crippen LogP contribution in [0.4, 0.5) is 4.39 Å². The summed E-state index contributed by atoms with van der Waals surface area (Å²) in [7, 11) is 1.63. The van der Waals surface area contributed by atoms with Gasteiger partial charge in [-0.05, 0) is 18.6 Å². The average molecular weight is 209 g/mol. The number of carbonyl (C=O) groups is 1. The van der Waals surface area contributed by atoms with Gasteiger partial charge in [-0.25, -0.2) is 4.39 Å². The van der Waals surface area contributed by atoms with Crippen LogP contribution in [0.5, 0.6) is 0 Å². The first kappa shape index (κ1) is 13.5. The second kappa shape index (κ2) is 7.85. The largest absolute Gasteiger partial charge is 0.303 e. The molecule has 0 unspecified atom stereocenters. The number of carbonyl (C=O) groups excluding carboxylic acids is 1. The van der Waals surface area contributed by atoms with E-state index in [0.29, 0.717) is 12.0 Å². The fraction of sp³-hybridized carbons (Fsp3) is 0.333. The molecule has 2 nitrogen and oxygen atoms in total. The molecule has 1 aromatic rings. The summed E-state index contributed by atoms with van der Waals surface area (Å²) in [5.41, 5.74) is 1.49. The summed E-state index contributed by atoms with van der Waals surface area (Å²) < 4.78 is 12.9. The van der Waals surface area contributed by atoms with Crippen molar-refractivity contribution in [1.29, 1.82) is 0 Å². The fourth-order valence-corrected chi connectivity index (χ4v) is 0.937. The van der Waals surface area contributed by atoms with Crippen molar-refractivity contribution in [2.75, 3.05) is 7.05 Å². The van der Waals surface area contributed by atoms with Gasteiger partial charge in [0.25, 0.3) is 0 Å². The first-order valence-electron chi connectivity index (χ1n) is 4.78. The van der Waals surface area contributed by atoms with Crippen LogP contribution >= 0.6 is 0 Å². The molecule has 1 rings (SSSR count). The van der Waals surface area contributed by atoms with E-state index in [1.54, 1.807) is 13.1 Å². The maximum atomic E-state index is 12.9. The van der Waals surface area contributed by atoms with E-state index >= 15 is 0 Å². The van der Waals surface area contributed by atoms with Crippen molar-refractivity contribution in [1.82, 2.24) is 0 Å². The lowest BCUT2D eigenvalue weighted by molar-refractivity contribution is -0.107. The van der Waals surface area contributed by atoms with Gasteiger partial charge in [0.05, 0.1) is 0 Å². The van der Waals surface area contributed by atoms with Gasteiger partial charge < -0.3 is 4.79 Å². The van der Waals surface area contributed by atoms with Crippen molar-refractivity contribution in [2.45, 2.75) is 20.3 Å². The Balaban J connectivity index is 0.000000423. The Morgan fingerprint density at radius 1 is 1.47 bits per heavy atom. The van der Waals surface area contributed by atoms with E-state index < -0.39 is 0 Å². The molecule has 82 valence electrons. The lowest BCUT2D eigenvalue weighted by Gasteiger charge is -1.98. The summed E-state index contributed by atoms with van der Waals surface area (Å²) in [6, 6.07) is 4.99. The predicted octanol–water partition coefficient (Wildman–Crippen LogP) is 2.78. The van der Waals surface area contributed by atoms with Crippen LogP contribution in [0.1, 0.15) is 24.5 Å². The Kier molecular flexibility index (Phi) is 7.06. The lowest BCUT2D eigenvalue weighted by atomic mass is 10.1. The van der Waals surface area contributed by atoms with Crippen LogP contribution in [0.3, 0.4) is 0 Å². The number of aldehydes is 1. The van der Waals surface area contributed by atoms with Crippen LogP contribution in [-0.4, -0.2) is 19.5 Å². The molecule has 0 aliphatic rings. The zero-order chi connectivity index (χ0) is 11.7. The number of halogens is 1. The van der Waals surface area contributed by atoms with Gasteiger partial charge >= 0.3 is 0 Å². The highest BCUT2D eigenvalue weighted by atomic mass is 19.1. The summed E-state index contributed by atoms with van der Waals surface area (Å²) in [5.74, 6) is -0.212. The molecular weight excluding hydrogens is 193 g/mol. The minimum absolute atomic E-state index is 0.212. The molecule has 0 aliphatic heterocycles. The van der Waals surface area contributed by atoms with Crippen molar-refractivity contribution < 1.29 is 9.18 Å². The second-order valence-corrected chi connectivity index (χ2v) is 2.93. The second-order valence-electron chi connectivity index (χ2n) is 2.93. The van der Waals surface area contributed by atoms with E-state index in [4.69, 9.17) is 0 Å². The van der Waals surface area contributed by atoms with Gasteiger partial charge in [-0.3, -0.25) is 4.99 Å². The van der Waals surface area contributed by atoms with Crippen LogP contribution in [0.2, 0.25) is 0 Å². The molecule has 0 radical (unpaired) electrons. The minimum Gasteiger partial charge on any atom is -0.303 e. The van der Waals surface area contributed by atoms with E-state index in [-0.39, 0.29) is 5.82 Å². The monoisotopic (exact) mass is 209 g/mol. The number of benzene rings is 1. The van der Waals surface area contributed by atoms with E-state index in [2.05, 4.69) is 4.99 Å². The van der Waals surface area contributed by atoms with Crippen LogP contribution in [0.15, 0.2) is 23.2 Å². The third kappa shape index (κ3) is 5.05. The molecule has 0 spiro atoms. The molecule has 0 fully saturated rings. The molecule has 0 heterocycles. The highest BCUT2D eigenvalue weighted by Gasteiger charge is 1.99. The van der Waals surface area contributed by atoms with Crippen molar-refractivity contribution in [2.24, 2.45) is 4.99 Å². The normalized spacial score (nSPS) is 9.60. The van der Waals surface area contributed by atoms with Gasteiger partial charge in [0.2, 0.25) is 0 Å². The summed E-state index contributed by atoms with van der Waals surface area (Å²) in [6.45, 7) is 3.67. The number of aliphatic imine (C=N–C) groups is 1. The number of hydrogen-bond acceptors (Lipinski definition) is 2. The smallest absolute Gasteiger partial charge is 0.132 e. The SMILES string of the molecule is CCC=O.CN=Cc1c(C)cccc1F. The summed E-state index contributed by atoms with van der Waals surface area (Å²) in [5, 5.41) is 0. The maximum Gasteiger partial charge on any atom is 0.132 e. The van der Waals surface area contributed by atoms with Crippen molar-refractivity contribution in [3.8, 4) is 0 Å². The predicted molar refractivity (Wildman–Crippen MR) is 61.0 cm³/mol. The van der Waals surface area contributed by atoms with E-state index in [1.165, 1.54) is 12.3 Å². The molecule has 3 heteroatoms. The number of nitrogens with zero attached hydrogens (tertiary/aromatic N) is 1. The van der Waals surface area contributed by atoms with Crippen molar-refractivity contribution in [3.05, 3.63) is 35.1 Å². The molecule has 0 saturated heterocycles. The van der Waals surface area contributed by atoms with Crippen LogP contribution in [0, 0.1) is 12.7 Å². The third-order valence-electron chi connectivity index (χ3n) is 1.70. The zero-order valence-corrected chi connectivity index (χ0v) is 9.33. The van der Waals surface area contributed by atoms with E-state index in [1.807, 2.05) is 19.9 Å². The minimum atomic E-state index is -0.212. The maximum absolute atomic E-state index is 12.9. The zero-order valence-electron chi connectivity index (χ0n) is 9.33. The first-order chi connectivity index (χ1) is 7.17. The molecule has 15 heavy (non-hydrogen) atoms. The highest BCUT2D eigenvalue weighted by molar-refractivity contribution is 5.81. The fourth-order valence-electron chi connectivity index (χ4n) is 0.937. The van der Waals surface area contributed by atoms with E-state index in [0.717, 1.165) is 11.8 Å². The summed E-state index contributed by atoms with van der Waals surface area (Å²) in [6.07, 6.45) is 3.05. The summed E-state index contributed by atoms with van der Waals surface area (Å²) >= 11 is 0. The molecule has 0 aliphatic carbocycles. The lowest BCUT2D eigenvalue weighted by Crippen LogP contribution is -1.91. The highest BCUT2D eigenvalue weighted by Crippen LogP contribution is 2.09. The van der Waals surface area contributed by atoms with Gasteiger partial charge in [-0.15, -0.1) is 0 Å². The third-order valence-corrected chi connectivity index (χ3v) is 1.70. The quantitative estimate of drug-likeness (QED) is 0.544. The molecule has 0 amide bonds. The van der Waals surface area contributed by atoms with Gasteiger partial charge in [-0.2, -0.15) is 0 Å². The molecule has 0 bridgehead atoms. The number of hydrogen-bond donors (Lipinski definition) is 0. The van der Waals surface area contributed by atoms with Crippen LogP contribution < -0.4 is 0 Å². The van der Waals surface area contributed by atoms with Gasteiger partial charge in [-0.1, -0.05) is 19.1 Å². The molecule has 0 aromatic heterocycles. The molecule has 0 saturated carbocycles. The Bertz CT molecular complexity index is 314. The molecular formula is C12H16FNO. The average Bonchev–Trinajstić information content (AvgIpc) is 2.24. The Morgan fingerprint density at radius 3 is 2.47 bits per heavy atom. The van der Waals surface area contributed by atoms with Gasteiger partial charge in [0, 0.05) is 25.2 Å². The van der Waals surface area contributed by atoms with Gasteiger partial charge in [0.1, 0.15) is 12.1 Å². The van der Waals surface area contributed by atoms with Crippen LogP contribution in [-0.2, 0) is 4.79 Å². The summed E-state index contributed by atoms with van der Waals surface area (Å²) in [4.78, 5) is 12.9. The van der Waals surface area contributed by atoms with Gasteiger partial charge in [0.15, 0.2) is 0 Å². The van der Waals surface area contributed by atoms with Crippen molar-refractivity contribution in [3.63, 3.8) is 0 Å². The Labute approximate surface area is 89.8 Å².